The van der Waals surface area contributed by atoms with Crippen LogP contribution in [-0.2, 0) is 0 Å². The van der Waals surface area contributed by atoms with E-state index in [1.807, 2.05) is 0 Å². The van der Waals surface area contributed by atoms with Gasteiger partial charge in [-0.05, 0) is 64.4 Å². The summed E-state index contributed by atoms with van der Waals surface area (Å²) in [6.07, 6.45) is 4.47. The number of piperidine rings is 1. The first-order chi connectivity index (χ1) is 11.5. The number of halogens is 1. The Hall–Kier alpha value is -1.82. The molecule has 1 aromatic rings. The number of benzene rings is 1. The van der Waals surface area contributed by atoms with Crippen molar-refractivity contribution in [3.05, 3.63) is 24.0 Å². The molecule has 2 rings (SSSR count). The van der Waals surface area contributed by atoms with Crippen LogP contribution in [0.25, 0.3) is 0 Å². The Kier molecular flexibility index (Phi) is 6.85. The summed E-state index contributed by atoms with van der Waals surface area (Å²) in [7, 11) is 5.68. The number of rotatable bonds is 6. The van der Waals surface area contributed by atoms with Crippen molar-refractivity contribution in [2.75, 3.05) is 46.2 Å². The maximum absolute atomic E-state index is 13.4. The highest BCUT2D eigenvalue weighted by molar-refractivity contribution is 5.91. The molecule has 2 amide bonds. The third-order valence-electron chi connectivity index (χ3n) is 4.52. The second kappa shape index (κ2) is 8.87. The van der Waals surface area contributed by atoms with E-state index < -0.39 is 5.82 Å². The van der Waals surface area contributed by atoms with Crippen LogP contribution in [0.15, 0.2) is 18.2 Å². The Balaban J connectivity index is 1.82. The van der Waals surface area contributed by atoms with Crippen molar-refractivity contribution >= 4 is 11.7 Å². The van der Waals surface area contributed by atoms with E-state index in [1.165, 1.54) is 38.2 Å². The average molecular weight is 337 g/mol. The van der Waals surface area contributed by atoms with E-state index >= 15 is 0 Å². The van der Waals surface area contributed by atoms with E-state index in [-0.39, 0.29) is 6.03 Å². The standard InChI is InChI=1S/C18H28FN3O2/c1-21(2)10-4-5-14-8-11-22(12-9-14)18(23)20-16-13-15(19)6-7-17(16)24-3/h6-7,13-14H,4-5,8-12H2,1-3H3,(H,20,23). The summed E-state index contributed by atoms with van der Waals surface area (Å²) in [6, 6.07) is 3.92. The average Bonchev–Trinajstić information content (AvgIpc) is 2.55. The topological polar surface area (TPSA) is 44.8 Å². The van der Waals surface area contributed by atoms with Gasteiger partial charge in [-0.1, -0.05) is 0 Å². The van der Waals surface area contributed by atoms with Crippen molar-refractivity contribution in [2.24, 2.45) is 5.92 Å². The number of carbonyl (C=O) groups is 1. The Bertz CT molecular complexity index is 543. The summed E-state index contributed by atoms with van der Waals surface area (Å²) in [5.41, 5.74) is 0.371. The van der Waals surface area contributed by atoms with E-state index in [0.717, 1.165) is 32.5 Å². The molecular weight excluding hydrogens is 309 g/mol. The second-order valence-electron chi connectivity index (χ2n) is 6.65. The van der Waals surface area contributed by atoms with Crippen LogP contribution < -0.4 is 10.1 Å². The lowest BCUT2D eigenvalue weighted by atomic mass is 9.92. The van der Waals surface area contributed by atoms with E-state index in [9.17, 15) is 9.18 Å². The minimum Gasteiger partial charge on any atom is -0.495 e. The first-order valence-corrected chi connectivity index (χ1v) is 8.53. The van der Waals surface area contributed by atoms with Crippen LogP contribution in [0.5, 0.6) is 5.75 Å². The Labute approximate surface area is 143 Å². The molecule has 0 saturated carbocycles. The van der Waals surface area contributed by atoms with Gasteiger partial charge in [-0.25, -0.2) is 9.18 Å². The monoisotopic (exact) mass is 337 g/mol. The Morgan fingerprint density at radius 1 is 1.38 bits per heavy atom. The van der Waals surface area contributed by atoms with Gasteiger partial charge in [0.2, 0.25) is 0 Å². The Morgan fingerprint density at radius 2 is 2.08 bits per heavy atom. The molecule has 0 spiro atoms. The molecule has 1 aliphatic rings. The lowest BCUT2D eigenvalue weighted by Crippen LogP contribution is -2.41. The van der Waals surface area contributed by atoms with Crippen molar-refractivity contribution in [1.82, 2.24) is 9.80 Å². The molecule has 0 atom stereocenters. The van der Waals surface area contributed by atoms with Crippen LogP contribution >= 0.6 is 0 Å². The van der Waals surface area contributed by atoms with Gasteiger partial charge in [0.05, 0.1) is 12.8 Å². The van der Waals surface area contributed by atoms with Crippen LogP contribution in [-0.4, -0.2) is 56.7 Å². The molecule has 0 aromatic heterocycles. The molecule has 0 bridgehead atoms. The van der Waals surface area contributed by atoms with E-state index in [1.54, 1.807) is 4.90 Å². The highest BCUT2D eigenvalue weighted by atomic mass is 19.1. The van der Waals surface area contributed by atoms with Crippen molar-refractivity contribution in [3.8, 4) is 5.75 Å². The number of urea groups is 1. The maximum atomic E-state index is 13.4. The number of hydrogen-bond donors (Lipinski definition) is 1. The van der Waals surface area contributed by atoms with Crippen molar-refractivity contribution in [3.63, 3.8) is 0 Å². The largest absolute Gasteiger partial charge is 0.495 e. The summed E-state index contributed by atoms with van der Waals surface area (Å²) in [4.78, 5) is 16.4. The molecular formula is C18H28FN3O2. The normalized spacial score (nSPS) is 15.6. The number of anilines is 1. The number of amides is 2. The summed E-state index contributed by atoms with van der Waals surface area (Å²) < 4.78 is 18.5. The number of methoxy groups -OCH3 is 1. The zero-order valence-electron chi connectivity index (χ0n) is 14.8. The first kappa shape index (κ1) is 18.5. The number of hydrogen-bond acceptors (Lipinski definition) is 3. The molecule has 1 aromatic carbocycles. The predicted molar refractivity (Wildman–Crippen MR) is 94.1 cm³/mol. The van der Waals surface area contributed by atoms with Crippen LogP contribution in [0.1, 0.15) is 25.7 Å². The van der Waals surface area contributed by atoms with Crippen LogP contribution in [0.4, 0.5) is 14.9 Å². The van der Waals surface area contributed by atoms with Gasteiger partial charge < -0.3 is 19.9 Å². The van der Waals surface area contributed by atoms with Crippen LogP contribution in [0.2, 0.25) is 0 Å². The lowest BCUT2D eigenvalue weighted by molar-refractivity contribution is 0.178. The van der Waals surface area contributed by atoms with Crippen molar-refractivity contribution < 1.29 is 13.9 Å². The molecule has 0 radical (unpaired) electrons. The molecule has 1 saturated heterocycles. The Morgan fingerprint density at radius 3 is 2.71 bits per heavy atom. The number of nitrogens with zero attached hydrogens (tertiary/aromatic N) is 2. The molecule has 1 N–H and O–H groups in total. The molecule has 1 fully saturated rings. The zero-order chi connectivity index (χ0) is 17.5. The number of ether oxygens (including phenoxy) is 1. The van der Waals surface area contributed by atoms with Crippen molar-refractivity contribution in [1.29, 1.82) is 0 Å². The van der Waals surface area contributed by atoms with Crippen molar-refractivity contribution in [2.45, 2.75) is 25.7 Å². The molecule has 0 unspecified atom stereocenters. The van der Waals surface area contributed by atoms with Gasteiger partial charge in [0.15, 0.2) is 0 Å². The minimum atomic E-state index is -0.397. The summed E-state index contributed by atoms with van der Waals surface area (Å²) in [6.45, 7) is 2.60. The summed E-state index contributed by atoms with van der Waals surface area (Å²) in [5.74, 6) is 0.756. The fraction of sp³-hybridized carbons (Fsp3) is 0.611. The third-order valence-corrected chi connectivity index (χ3v) is 4.52. The first-order valence-electron chi connectivity index (χ1n) is 8.53. The smallest absolute Gasteiger partial charge is 0.321 e. The molecule has 24 heavy (non-hydrogen) atoms. The van der Waals surface area contributed by atoms with E-state index in [2.05, 4.69) is 24.3 Å². The van der Waals surface area contributed by atoms with Gasteiger partial charge >= 0.3 is 6.03 Å². The number of likely N-dealkylation sites (tertiary alicyclic amines) is 1. The second-order valence-corrected chi connectivity index (χ2v) is 6.65. The molecule has 1 heterocycles. The molecule has 6 heteroatoms. The number of carbonyl (C=O) groups excluding carboxylic acids is 1. The third kappa shape index (κ3) is 5.37. The quantitative estimate of drug-likeness (QED) is 0.865. The van der Waals surface area contributed by atoms with Gasteiger partial charge in [-0.3, -0.25) is 0 Å². The molecule has 134 valence electrons. The SMILES string of the molecule is COc1ccc(F)cc1NC(=O)N1CCC(CCCN(C)C)CC1. The highest BCUT2D eigenvalue weighted by Crippen LogP contribution is 2.27. The van der Waals surface area contributed by atoms with Gasteiger partial charge in [0.25, 0.3) is 0 Å². The molecule has 5 nitrogen and oxygen atoms in total. The van der Waals surface area contributed by atoms with Gasteiger partial charge in [0.1, 0.15) is 11.6 Å². The lowest BCUT2D eigenvalue weighted by Gasteiger charge is -2.32. The van der Waals surface area contributed by atoms with Gasteiger partial charge in [0, 0.05) is 19.2 Å². The predicted octanol–water partition coefficient (Wildman–Crippen LogP) is 3.42. The highest BCUT2D eigenvalue weighted by Gasteiger charge is 2.23. The fourth-order valence-electron chi connectivity index (χ4n) is 3.09. The zero-order valence-corrected chi connectivity index (χ0v) is 14.8. The van der Waals surface area contributed by atoms with Gasteiger partial charge in [-0.15, -0.1) is 0 Å². The van der Waals surface area contributed by atoms with Gasteiger partial charge in [-0.2, -0.15) is 0 Å². The minimum absolute atomic E-state index is 0.189. The fourth-order valence-corrected chi connectivity index (χ4v) is 3.09. The molecule has 0 aliphatic carbocycles. The summed E-state index contributed by atoms with van der Waals surface area (Å²) >= 11 is 0. The number of nitrogens with one attached hydrogen (secondary N) is 1. The van der Waals surface area contributed by atoms with E-state index in [4.69, 9.17) is 4.74 Å². The maximum Gasteiger partial charge on any atom is 0.321 e. The van der Waals surface area contributed by atoms with Crippen LogP contribution in [0, 0.1) is 11.7 Å². The van der Waals surface area contributed by atoms with E-state index in [0.29, 0.717) is 17.4 Å². The van der Waals surface area contributed by atoms with Crippen LogP contribution in [0.3, 0.4) is 0 Å². The molecule has 1 aliphatic heterocycles. The summed E-state index contributed by atoms with van der Waals surface area (Å²) in [5, 5.41) is 2.76.